The zero-order valence-corrected chi connectivity index (χ0v) is 9.03. The molecule has 0 saturated carbocycles. The Labute approximate surface area is 90.9 Å². The summed E-state index contributed by atoms with van der Waals surface area (Å²) in [6, 6.07) is 5.82. The van der Waals surface area contributed by atoms with Crippen molar-refractivity contribution in [1.29, 1.82) is 0 Å². The van der Waals surface area contributed by atoms with Crippen LogP contribution in [0.15, 0.2) is 18.2 Å². The van der Waals surface area contributed by atoms with Crippen LogP contribution in [0.25, 0.3) is 10.1 Å². The van der Waals surface area contributed by atoms with E-state index in [1.54, 1.807) is 11.3 Å². The molecular formula is C10H10ClNOS. The summed E-state index contributed by atoms with van der Waals surface area (Å²) in [5, 5.41) is 10.0. The Kier molecular flexibility index (Phi) is 2.63. The molecule has 0 unspecified atom stereocenters. The first-order valence-corrected chi connectivity index (χ1v) is 5.57. The number of anilines is 1. The summed E-state index contributed by atoms with van der Waals surface area (Å²) in [6.07, 6.45) is 0. The highest BCUT2D eigenvalue weighted by Gasteiger charge is 2.05. The quantitative estimate of drug-likeness (QED) is 0.612. The topological polar surface area (TPSA) is 46.2 Å². The van der Waals surface area contributed by atoms with Crippen LogP contribution in [0.2, 0.25) is 0 Å². The van der Waals surface area contributed by atoms with E-state index < -0.39 is 0 Å². The van der Waals surface area contributed by atoms with Crippen molar-refractivity contribution in [3.05, 3.63) is 28.6 Å². The number of nitrogen functional groups attached to an aromatic ring is 1. The maximum absolute atomic E-state index is 9.00. The van der Waals surface area contributed by atoms with Gasteiger partial charge in [-0.1, -0.05) is 0 Å². The first kappa shape index (κ1) is 9.77. The Morgan fingerprint density at radius 3 is 2.79 bits per heavy atom. The number of aliphatic hydroxyl groups is 1. The SMILES string of the molecule is Nc1cc(CCl)cc2sc(CO)cc12. The lowest BCUT2D eigenvalue weighted by Crippen LogP contribution is -1.87. The van der Waals surface area contributed by atoms with Crippen LogP contribution in [-0.4, -0.2) is 5.11 Å². The third-order valence-electron chi connectivity index (χ3n) is 2.09. The van der Waals surface area contributed by atoms with Crippen molar-refractivity contribution in [1.82, 2.24) is 0 Å². The third-order valence-corrected chi connectivity index (χ3v) is 3.47. The number of halogens is 1. The molecule has 0 bridgehead atoms. The molecule has 1 heterocycles. The summed E-state index contributed by atoms with van der Waals surface area (Å²) in [7, 11) is 0. The third kappa shape index (κ3) is 1.59. The molecule has 14 heavy (non-hydrogen) atoms. The van der Waals surface area contributed by atoms with Gasteiger partial charge < -0.3 is 10.8 Å². The van der Waals surface area contributed by atoms with Gasteiger partial charge in [-0.15, -0.1) is 22.9 Å². The average Bonchev–Trinajstić information content (AvgIpc) is 2.61. The highest BCUT2D eigenvalue weighted by Crippen LogP contribution is 2.31. The van der Waals surface area contributed by atoms with Crippen LogP contribution in [0.3, 0.4) is 0 Å². The van der Waals surface area contributed by atoms with E-state index in [0.717, 1.165) is 26.2 Å². The summed E-state index contributed by atoms with van der Waals surface area (Å²) in [5.41, 5.74) is 7.61. The molecular weight excluding hydrogens is 218 g/mol. The Morgan fingerprint density at radius 1 is 1.36 bits per heavy atom. The number of hydrogen-bond acceptors (Lipinski definition) is 3. The Bertz CT molecular complexity index is 466. The van der Waals surface area contributed by atoms with Crippen LogP contribution < -0.4 is 5.73 Å². The van der Waals surface area contributed by atoms with Gasteiger partial charge in [0.05, 0.1) is 6.61 Å². The van der Waals surface area contributed by atoms with Crippen molar-refractivity contribution < 1.29 is 5.11 Å². The van der Waals surface area contributed by atoms with Gasteiger partial charge in [-0.3, -0.25) is 0 Å². The van der Waals surface area contributed by atoms with Crippen molar-refractivity contribution in [3.63, 3.8) is 0 Å². The Balaban J connectivity index is 2.67. The molecule has 2 nitrogen and oxygen atoms in total. The van der Waals surface area contributed by atoms with Gasteiger partial charge in [-0.25, -0.2) is 0 Å². The highest BCUT2D eigenvalue weighted by molar-refractivity contribution is 7.19. The minimum Gasteiger partial charge on any atom is -0.398 e. The van der Waals surface area contributed by atoms with E-state index in [0.29, 0.717) is 5.88 Å². The molecule has 2 aromatic rings. The van der Waals surface area contributed by atoms with E-state index in [2.05, 4.69) is 0 Å². The van der Waals surface area contributed by atoms with Crippen LogP contribution in [0, 0.1) is 0 Å². The summed E-state index contributed by atoms with van der Waals surface area (Å²) < 4.78 is 1.09. The monoisotopic (exact) mass is 227 g/mol. The molecule has 74 valence electrons. The van der Waals surface area contributed by atoms with Gasteiger partial charge in [0.2, 0.25) is 0 Å². The number of nitrogens with two attached hydrogens (primary N) is 1. The van der Waals surface area contributed by atoms with Crippen LogP contribution in [0.5, 0.6) is 0 Å². The average molecular weight is 228 g/mol. The second-order valence-corrected chi connectivity index (χ2v) is 4.54. The standard InChI is InChI=1S/C10H10ClNOS/c11-4-6-1-9(12)8-3-7(5-13)14-10(8)2-6/h1-3,13H,4-5,12H2. The fraction of sp³-hybridized carbons (Fsp3) is 0.200. The zero-order valence-electron chi connectivity index (χ0n) is 7.46. The minimum absolute atomic E-state index is 0.0645. The summed E-state index contributed by atoms with van der Waals surface area (Å²) in [6.45, 7) is 0.0645. The van der Waals surface area contributed by atoms with Gasteiger partial charge >= 0.3 is 0 Å². The zero-order chi connectivity index (χ0) is 10.1. The predicted octanol–water partition coefficient (Wildman–Crippen LogP) is 2.71. The lowest BCUT2D eigenvalue weighted by Gasteiger charge is -1.99. The first-order valence-electron chi connectivity index (χ1n) is 4.22. The fourth-order valence-corrected chi connectivity index (χ4v) is 2.61. The molecule has 0 spiro atoms. The van der Waals surface area contributed by atoms with E-state index in [4.69, 9.17) is 22.4 Å². The molecule has 4 heteroatoms. The van der Waals surface area contributed by atoms with Crippen molar-refractivity contribution >= 4 is 38.7 Å². The summed E-state index contributed by atoms with van der Waals surface area (Å²) >= 11 is 7.29. The predicted molar refractivity (Wildman–Crippen MR) is 61.7 cm³/mol. The molecule has 0 fully saturated rings. The van der Waals surface area contributed by atoms with Crippen molar-refractivity contribution in [2.24, 2.45) is 0 Å². The van der Waals surface area contributed by atoms with E-state index >= 15 is 0 Å². The normalized spacial score (nSPS) is 11.0. The van der Waals surface area contributed by atoms with Gasteiger partial charge in [0.25, 0.3) is 0 Å². The van der Waals surface area contributed by atoms with Gasteiger partial charge in [-0.2, -0.15) is 0 Å². The van der Waals surface area contributed by atoms with Crippen LogP contribution in [0.1, 0.15) is 10.4 Å². The molecule has 3 N–H and O–H groups in total. The number of rotatable bonds is 2. The van der Waals surface area contributed by atoms with Crippen LogP contribution >= 0.6 is 22.9 Å². The summed E-state index contributed by atoms with van der Waals surface area (Å²) in [4.78, 5) is 0.929. The number of fused-ring (bicyclic) bond motifs is 1. The molecule has 0 aliphatic carbocycles. The lowest BCUT2D eigenvalue weighted by molar-refractivity contribution is 0.285. The van der Waals surface area contributed by atoms with E-state index in [1.807, 2.05) is 18.2 Å². The molecule has 0 amide bonds. The van der Waals surface area contributed by atoms with E-state index in [9.17, 15) is 0 Å². The molecule has 1 aromatic carbocycles. The molecule has 2 rings (SSSR count). The second kappa shape index (κ2) is 3.77. The highest BCUT2D eigenvalue weighted by atomic mass is 35.5. The van der Waals surface area contributed by atoms with Crippen LogP contribution in [0.4, 0.5) is 5.69 Å². The van der Waals surface area contributed by atoms with Crippen molar-refractivity contribution in [2.75, 3.05) is 5.73 Å². The number of aliphatic hydroxyl groups excluding tert-OH is 1. The van der Waals surface area contributed by atoms with Crippen LogP contribution in [-0.2, 0) is 12.5 Å². The minimum atomic E-state index is 0.0645. The smallest absolute Gasteiger partial charge is 0.0774 e. The van der Waals surface area contributed by atoms with Gasteiger partial charge in [-0.05, 0) is 23.8 Å². The van der Waals surface area contributed by atoms with Crippen molar-refractivity contribution in [2.45, 2.75) is 12.5 Å². The number of thiophene rings is 1. The molecule has 0 atom stereocenters. The maximum Gasteiger partial charge on any atom is 0.0774 e. The van der Waals surface area contributed by atoms with E-state index in [-0.39, 0.29) is 6.61 Å². The summed E-state index contributed by atoms with van der Waals surface area (Å²) in [5.74, 6) is 0.465. The molecule has 1 aromatic heterocycles. The maximum atomic E-state index is 9.00. The van der Waals surface area contributed by atoms with Gasteiger partial charge in [0, 0.05) is 26.5 Å². The van der Waals surface area contributed by atoms with Gasteiger partial charge in [0.1, 0.15) is 0 Å². The molecule has 0 aliphatic rings. The number of hydrogen-bond donors (Lipinski definition) is 2. The molecule has 0 saturated heterocycles. The second-order valence-electron chi connectivity index (χ2n) is 3.10. The largest absolute Gasteiger partial charge is 0.398 e. The molecule has 0 radical (unpaired) electrons. The van der Waals surface area contributed by atoms with Crippen molar-refractivity contribution in [3.8, 4) is 0 Å². The van der Waals surface area contributed by atoms with E-state index in [1.165, 1.54) is 0 Å². The number of alkyl halides is 1. The van der Waals surface area contributed by atoms with Gasteiger partial charge in [0.15, 0.2) is 0 Å². The first-order chi connectivity index (χ1) is 6.74. The number of benzene rings is 1. The lowest BCUT2D eigenvalue weighted by atomic mass is 10.1. The fourth-order valence-electron chi connectivity index (χ4n) is 1.43. The molecule has 0 aliphatic heterocycles. The Morgan fingerprint density at radius 2 is 2.14 bits per heavy atom. The Hall–Kier alpha value is -0.770.